The van der Waals surface area contributed by atoms with E-state index in [0.29, 0.717) is 36.8 Å². The van der Waals surface area contributed by atoms with Gasteiger partial charge in [0.15, 0.2) is 0 Å². The minimum Gasteiger partial charge on any atom is -0.395 e. The molecule has 1 heterocycles. The van der Waals surface area contributed by atoms with Gasteiger partial charge < -0.3 is 5.11 Å². The number of β-amino-alcohol motifs (C(OH)–C–C–N with tert-alkyl or cyclic N) is 1. The summed E-state index contributed by atoms with van der Waals surface area (Å²) in [4.78, 5) is 2.37. The van der Waals surface area contributed by atoms with Crippen LogP contribution in [0.5, 0.6) is 0 Å². The van der Waals surface area contributed by atoms with E-state index in [1.807, 2.05) is 0 Å². The lowest BCUT2D eigenvalue weighted by Crippen LogP contribution is -2.36. The van der Waals surface area contributed by atoms with Gasteiger partial charge in [0.1, 0.15) is 0 Å². The number of hydrogen-bond acceptors (Lipinski definition) is 4. The highest BCUT2D eigenvalue weighted by molar-refractivity contribution is 7.89. The van der Waals surface area contributed by atoms with Gasteiger partial charge in [0, 0.05) is 31.2 Å². The van der Waals surface area contributed by atoms with Crippen LogP contribution in [-0.4, -0.2) is 62.1 Å². The Hall–Kier alpha value is -0.660. The van der Waals surface area contributed by atoms with Gasteiger partial charge in [-0.2, -0.15) is 4.31 Å². The number of rotatable bonds is 4. The van der Waals surface area contributed by atoms with Crippen molar-refractivity contribution < 1.29 is 13.5 Å². The standard InChI is InChI=1S/C14H21ClN2O3S/c1-12-3-4-13(15)11-14(12)21(19,20)17-6-2-5-16(7-8-17)9-10-18/h3-4,11,18H,2,5-10H2,1H3. The zero-order chi connectivity index (χ0) is 15.5. The van der Waals surface area contributed by atoms with E-state index in [-0.39, 0.29) is 11.5 Å². The van der Waals surface area contributed by atoms with Crippen molar-refractivity contribution in [1.29, 1.82) is 0 Å². The summed E-state index contributed by atoms with van der Waals surface area (Å²) in [6.07, 6.45) is 0.763. The molecule has 5 nitrogen and oxygen atoms in total. The third kappa shape index (κ3) is 3.96. The molecule has 1 aliphatic rings. The first-order chi connectivity index (χ1) is 9.95. The van der Waals surface area contributed by atoms with Crippen LogP contribution in [0.25, 0.3) is 0 Å². The van der Waals surface area contributed by atoms with Crippen molar-refractivity contribution in [3.05, 3.63) is 28.8 Å². The van der Waals surface area contributed by atoms with Crippen molar-refractivity contribution >= 4 is 21.6 Å². The Kier molecular flexibility index (Phi) is 5.62. The second-order valence-corrected chi connectivity index (χ2v) is 7.58. The third-order valence-electron chi connectivity index (χ3n) is 3.73. The number of sulfonamides is 1. The Bertz CT molecular complexity index is 592. The molecule has 118 valence electrons. The normalized spacial score (nSPS) is 18.6. The summed E-state index contributed by atoms with van der Waals surface area (Å²) >= 11 is 5.94. The number of nitrogens with zero attached hydrogens (tertiary/aromatic N) is 2. The Morgan fingerprint density at radius 1 is 1.24 bits per heavy atom. The maximum atomic E-state index is 12.8. The number of halogens is 1. The fraction of sp³-hybridized carbons (Fsp3) is 0.571. The van der Waals surface area contributed by atoms with Crippen LogP contribution in [0.2, 0.25) is 5.02 Å². The number of benzene rings is 1. The van der Waals surface area contributed by atoms with E-state index in [4.69, 9.17) is 16.7 Å². The highest BCUT2D eigenvalue weighted by Gasteiger charge is 2.28. The molecular weight excluding hydrogens is 312 g/mol. The van der Waals surface area contributed by atoms with Crippen LogP contribution in [0, 0.1) is 6.92 Å². The molecule has 1 aromatic rings. The van der Waals surface area contributed by atoms with Gasteiger partial charge in [-0.25, -0.2) is 8.42 Å². The SMILES string of the molecule is Cc1ccc(Cl)cc1S(=O)(=O)N1CCCN(CCO)CC1. The minimum atomic E-state index is -3.52. The summed E-state index contributed by atoms with van der Waals surface area (Å²) in [5.74, 6) is 0. The lowest BCUT2D eigenvalue weighted by Gasteiger charge is -2.22. The highest BCUT2D eigenvalue weighted by Crippen LogP contribution is 2.24. The predicted molar refractivity (Wildman–Crippen MR) is 83.1 cm³/mol. The Labute approximate surface area is 131 Å². The van der Waals surface area contributed by atoms with Crippen LogP contribution in [0.1, 0.15) is 12.0 Å². The van der Waals surface area contributed by atoms with Crippen molar-refractivity contribution in [2.24, 2.45) is 0 Å². The Morgan fingerprint density at radius 3 is 2.71 bits per heavy atom. The van der Waals surface area contributed by atoms with Gasteiger partial charge in [0.2, 0.25) is 10.0 Å². The summed E-state index contributed by atoms with van der Waals surface area (Å²) in [7, 11) is -3.52. The molecule has 21 heavy (non-hydrogen) atoms. The first kappa shape index (κ1) is 16.7. The molecular formula is C14H21ClN2O3S. The summed E-state index contributed by atoms with van der Waals surface area (Å²) in [6.45, 7) is 4.84. The largest absolute Gasteiger partial charge is 0.395 e. The monoisotopic (exact) mass is 332 g/mol. The maximum Gasteiger partial charge on any atom is 0.243 e. The van der Waals surface area contributed by atoms with E-state index < -0.39 is 10.0 Å². The fourth-order valence-electron chi connectivity index (χ4n) is 2.54. The van der Waals surface area contributed by atoms with Crippen LogP contribution < -0.4 is 0 Å². The van der Waals surface area contributed by atoms with E-state index in [9.17, 15) is 8.42 Å². The van der Waals surface area contributed by atoms with Crippen molar-refractivity contribution in [1.82, 2.24) is 9.21 Å². The molecule has 0 aliphatic carbocycles. The zero-order valence-electron chi connectivity index (χ0n) is 12.1. The average molecular weight is 333 g/mol. The molecule has 1 N–H and O–H groups in total. The Balaban J connectivity index is 2.21. The molecule has 0 saturated carbocycles. The molecule has 1 aliphatic heterocycles. The minimum absolute atomic E-state index is 0.0974. The molecule has 0 amide bonds. The summed E-state index contributed by atoms with van der Waals surface area (Å²) in [5, 5.41) is 9.42. The van der Waals surface area contributed by atoms with Gasteiger partial charge >= 0.3 is 0 Å². The Morgan fingerprint density at radius 2 is 2.00 bits per heavy atom. The quantitative estimate of drug-likeness (QED) is 0.904. The first-order valence-corrected chi connectivity index (χ1v) is 8.86. The number of aliphatic hydroxyl groups excluding tert-OH is 1. The van der Waals surface area contributed by atoms with Crippen LogP contribution in [0.3, 0.4) is 0 Å². The molecule has 0 unspecified atom stereocenters. The van der Waals surface area contributed by atoms with Gasteiger partial charge in [-0.15, -0.1) is 0 Å². The van der Waals surface area contributed by atoms with Gasteiger partial charge in [0.05, 0.1) is 11.5 Å². The van der Waals surface area contributed by atoms with Crippen LogP contribution in [0.4, 0.5) is 0 Å². The van der Waals surface area contributed by atoms with Crippen molar-refractivity contribution in [3.63, 3.8) is 0 Å². The van der Waals surface area contributed by atoms with Crippen molar-refractivity contribution in [2.45, 2.75) is 18.2 Å². The summed E-state index contributed by atoms with van der Waals surface area (Å²) in [6, 6.07) is 4.94. The van der Waals surface area contributed by atoms with Crippen molar-refractivity contribution in [3.8, 4) is 0 Å². The van der Waals surface area contributed by atoms with Crippen LogP contribution in [0.15, 0.2) is 23.1 Å². The molecule has 1 saturated heterocycles. The predicted octanol–water partition coefficient (Wildman–Crippen LogP) is 1.34. The van der Waals surface area contributed by atoms with Gasteiger partial charge in [0.25, 0.3) is 0 Å². The smallest absolute Gasteiger partial charge is 0.243 e. The van der Waals surface area contributed by atoms with E-state index in [0.717, 1.165) is 13.0 Å². The van der Waals surface area contributed by atoms with Gasteiger partial charge in [-0.3, -0.25) is 4.90 Å². The molecule has 0 aromatic heterocycles. The van der Waals surface area contributed by atoms with E-state index in [2.05, 4.69) is 4.90 Å². The molecule has 0 bridgehead atoms. The second-order valence-electron chi connectivity index (χ2n) is 5.23. The second kappa shape index (κ2) is 7.07. The molecule has 0 radical (unpaired) electrons. The van der Waals surface area contributed by atoms with Gasteiger partial charge in [-0.1, -0.05) is 17.7 Å². The van der Waals surface area contributed by atoms with Gasteiger partial charge in [-0.05, 0) is 37.6 Å². The van der Waals surface area contributed by atoms with E-state index >= 15 is 0 Å². The third-order valence-corrected chi connectivity index (χ3v) is 6.01. The van der Waals surface area contributed by atoms with Crippen LogP contribution in [-0.2, 0) is 10.0 Å². The van der Waals surface area contributed by atoms with Crippen LogP contribution >= 0.6 is 11.6 Å². The molecule has 0 atom stereocenters. The zero-order valence-corrected chi connectivity index (χ0v) is 13.7. The lowest BCUT2D eigenvalue weighted by molar-refractivity contribution is 0.202. The number of aryl methyl sites for hydroxylation is 1. The lowest BCUT2D eigenvalue weighted by atomic mass is 10.2. The van der Waals surface area contributed by atoms with Crippen molar-refractivity contribution in [2.75, 3.05) is 39.3 Å². The first-order valence-electron chi connectivity index (χ1n) is 7.04. The molecule has 1 aromatic carbocycles. The topological polar surface area (TPSA) is 60.9 Å². The maximum absolute atomic E-state index is 12.8. The molecule has 2 rings (SSSR count). The fourth-order valence-corrected chi connectivity index (χ4v) is 4.50. The highest BCUT2D eigenvalue weighted by atomic mass is 35.5. The summed E-state index contributed by atoms with van der Waals surface area (Å²) < 4.78 is 27.1. The van der Waals surface area contributed by atoms with E-state index in [1.165, 1.54) is 10.4 Å². The molecule has 0 spiro atoms. The molecule has 1 fully saturated rings. The number of hydrogen-bond donors (Lipinski definition) is 1. The average Bonchev–Trinajstić information content (AvgIpc) is 2.68. The number of aliphatic hydroxyl groups is 1. The summed E-state index contributed by atoms with van der Waals surface area (Å²) in [5.41, 5.74) is 0.705. The molecule has 7 heteroatoms. The van der Waals surface area contributed by atoms with E-state index in [1.54, 1.807) is 19.1 Å².